The van der Waals surface area contributed by atoms with Gasteiger partial charge in [-0.1, -0.05) is 12.5 Å². The number of nitrogens with one attached hydrogen (secondary N) is 1. The lowest BCUT2D eigenvalue weighted by Gasteiger charge is -2.26. The van der Waals surface area contributed by atoms with Crippen molar-refractivity contribution in [3.63, 3.8) is 0 Å². The summed E-state index contributed by atoms with van der Waals surface area (Å²) < 4.78 is 22.8. The molecule has 1 aliphatic heterocycles. The topological polar surface area (TPSA) is 101 Å². The molecule has 1 aromatic rings. The number of hydrogen-bond acceptors (Lipinski definition) is 5. The number of rotatable bonds is 5. The number of anilines is 2. The Labute approximate surface area is 120 Å². The average Bonchev–Trinajstić information content (AvgIpc) is 2.40. The Morgan fingerprint density at radius 1 is 1.20 bits per heavy atom. The maximum Gasteiger partial charge on any atom is 0.240 e. The second kappa shape index (κ2) is 6.43. The lowest BCUT2D eigenvalue weighted by atomic mass is 10.1. The van der Waals surface area contributed by atoms with Gasteiger partial charge in [0.25, 0.3) is 0 Å². The van der Waals surface area contributed by atoms with Crippen molar-refractivity contribution in [1.29, 1.82) is 0 Å². The van der Waals surface area contributed by atoms with Crippen molar-refractivity contribution >= 4 is 21.4 Å². The van der Waals surface area contributed by atoms with Crippen LogP contribution >= 0.6 is 0 Å². The van der Waals surface area contributed by atoms with Gasteiger partial charge < -0.3 is 16.0 Å². The average molecular weight is 298 g/mol. The van der Waals surface area contributed by atoms with Gasteiger partial charge in [0, 0.05) is 13.1 Å². The fraction of sp³-hybridized carbons (Fsp3) is 0.538. The molecule has 1 saturated heterocycles. The van der Waals surface area contributed by atoms with Crippen LogP contribution in [0.4, 0.5) is 11.4 Å². The number of sulfonamides is 1. The van der Waals surface area contributed by atoms with Crippen LogP contribution in [0.2, 0.25) is 0 Å². The third-order valence-corrected chi connectivity index (χ3v) is 4.53. The number of nitrogens with two attached hydrogens (primary N) is 2. The molecule has 0 aliphatic carbocycles. The van der Waals surface area contributed by atoms with E-state index >= 15 is 0 Å². The normalized spacial score (nSPS) is 17.1. The van der Waals surface area contributed by atoms with E-state index in [4.69, 9.17) is 10.9 Å². The molecule has 0 radical (unpaired) electrons. The van der Waals surface area contributed by atoms with Crippen LogP contribution in [0, 0.1) is 0 Å². The van der Waals surface area contributed by atoms with Gasteiger partial charge in [-0.05, 0) is 38.1 Å². The van der Waals surface area contributed by atoms with Crippen molar-refractivity contribution in [2.45, 2.75) is 24.2 Å². The van der Waals surface area contributed by atoms with Crippen molar-refractivity contribution in [2.24, 2.45) is 5.14 Å². The highest BCUT2D eigenvalue weighted by Gasteiger charge is 2.15. The molecule has 1 fully saturated rings. The Hall–Kier alpha value is -1.31. The molecule has 0 aromatic heterocycles. The molecule has 5 N–H and O–H groups in total. The van der Waals surface area contributed by atoms with Crippen LogP contribution in [-0.4, -0.2) is 39.5 Å². The summed E-state index contributed by atoms with van der Waals surface area (Å²) in [5, 5.41) is 8.31. The smallest absolute Gasteiger partial charge is 0.240 e. The summed E-state index contributed by atoms with van der Waals surface area (Å²) >= 11 is 0. The minimum absolute atomic E-state index is 0.0273. The Morgan fingerprint density at radius 3 is 2.55 bits per heavy atom. The molecule has 1 aliphatic rings. The summed E-state index contributed by atoms with van der Waals surface area (Å²) in [5.74, 6) is 0. The molecule has 1 heterocycles. The van der Waals surface area contributed by atoms with Crippen molar-refractivity contribution in [1.82, 2.24) is 4.90 Å². The number of nitrogen functional groups attached to an aromatic ring is 1. The summed E-state index contributed by atoms with van der Waals surface area (Å²) in [5.41, 5.74) is 6.66. The van der Waals surface area contributed by atoms with E-state index in [1.54, 1.807) is 12.1 Å². The van der Waals surface area contributed by atoms with Crippen molar-refractivity contribution < 1.29 is 8.42 Å². The minimum Gasteiger partial charge on any atom is -0.396 e. The molecule has 0 unspecified atom stereocenters. The molecule has 0 atom stereocenters. The number of benzene rings is 1. The first-order chi connectivity index (χ1) is 9.48. The molecule has 7 heteroatoms. The molecule has 0 bridgehead atoms. The second-order valence-corrected chi connectivity index (χ2v) is 6.62. The third kappa shape index (κ3) is 3.84. The molecule has 0 amide bonds. The fourth-order valence-electron chi connectivity index (χ4n) is 2.48. The van der Waals surface area contributed by atoms with Gasteiger partial charge in [0.05, 0.1) is 11.4 Å². The largest absolute Gasteiger partial charge is 0.396 e. The van der Waals surface area contributed by atoms with E-state index in [-0.39, 0.29) is 10.6 Å². The Morgan fingerprint density at radius 2 is 1.90 bits per heavy atom. The van der Waals surface area contributed by atoms with Gasteiger partial charge in [-0.15, -0.1) is 0 Å². The highest BCUT2D eigenvalue weighted by atomic mass is 32.2. The zero-order chi connectivity index (χ0) is 14.6. The van der Waals surface area contributed by atoms with Crippen LogP contribution in [-0.2, 0) is 10.0 Å². The lowest BCUT2D eigenvalue weighted by Crippen LogP contribution is -2.33. The van der Waals surface area contributed by atoms with Gasteiger partial charge in [0.2, 0.25) is 10.0 Å². The highest BCUT2D eigenvalue weighted by Crippen LogP contribution is 2.25. The van der Waals surface area contributed by atoms with Gasteiger partial charge in [0.1, 0.15) is 4.90 Å². The number of para-hydroxylation sites is 1. The molecule has 6 nitrogen and oxygen atoms in total. The third-order valence-electron chi connectivity index (χ3n) is 3.56. The first kappa shape index (κ1) is 15.1. The predicted molar refractivity (Wildman–Crippen MR) is 81.0 cm³/mol. The number of primary sulfonamides is 1. The van der Waals surface area contributed by atoms with Crippen LogP contribution in [0.5, 0.6) is 0 Å². The van der Waals surface area contributed by atoms with Crippen molar-refractivity contribution in [3.8, 4) is 0 Å². The summed E-state index contributed by atoms with van der Waals surface area (Å²) in [6.07, 6.45) is 3.82. The molecular formula is C13H22N4O2S. The maximum absolute atomic E-state index is 11.4. The van der Waals surface area contributed by atoms with E-state index in [9.17, 15) is 8.42 Å². The monoisotopic (exact) mass is 298 g/mol. The van der Waals surface area contributed by atoms with Crippen LogP contribution < -0.4 is 16.2 Å². The predicted octanol–water partition coefficient (Wildman–Crippen LogP) is 0.814. The SMILES string of the molecule is Nc1c(NCCN2CCCCC2)cccc1S(N)(=O)=O. The number of hydrogen-bond donors (Lipinski definition) is 3. The van der Waals surface area contributed by atoms with E-state index in [2.05, 4.69) is 10.2 Å². The lowest BCUT2D eigenvalue weighted by molar-refractivity contribution is 0.237. The second-order valence-electron chi connectivity index (χ2n) is 5.09. The van der Waals surface area contributed by atoms with Crippen molar-refractivity contribution in [3.05, 3.63) is 18.2 Å². The molecule has 20 heavy (non-hydrogen) atoms. The van der Waals surface area contributed by atoms with Gasteiger partial charge in [0.15, 0.2) is 0 Å². The van der Waals surface area contributed by atoms with Crippen LogP contribution in [0.25, 0.3) is 0 Å². The standard InChI is InChI=1S/C13H22N4O2S/c14-13-11(5-4-6-12(13)20(15,18)19)16-7-10-17-8-2-1-3-9-17/h4-6,16H,1-3,7-10,14H2,(H2,15,18,19). The summed E-state index contributed by atoms with van der Waals surface area (Å²) in [6.45, 7) is 3.93. The molecule has 1 aromatic carbocycles. The molecule has 0 spiro atoms. The van der Waals surface area contributed by atoms with E-state index in [0.29, 0.717) is 5.69 Å². The molecular weight excluding hydrogens is 276 g/mol. The number of likely N-dealkylation sites (tertiary alicyclic amines) is 1. The quantitative estimate of drug-likeness (QED) is 0.698. The Kier molecular flexibility index (Phi) is 4.85. The first-order valence-corrected chi connectivity index (χ1v) is 8.40. The highest BCUT2D eigenvalue weighted by molar-refractivity contribution is 7.89. The van der Waals surface area contributed by atoms with Gasteiger partial charge in [-0.2, -0.15) is 0 Å². The molecule has 2 rings (SSSR count). The molecule has 0 saturated carbocycles. The van der Waals surface area contributed by atoms with Gasteiger partial charge >= 0.3 is 0 Å². The van der Waals surface area contributed by atoms with Gasteiger partial charge in [-0.25, -0.2) is 13.6 Å². The summed E-state index contributed by atoms with van der Waals surface area (Å²) in [4.78, 5) is 2.37. The van der Waals surface area contributed by atoms with Crippen LogP contribution in [0.15, 0.2) is 23.1 Å². The first-order valence-electron chi connectivity index (χ1n) is 6.86. The Bertz CT molecular complexity index is 553. The molecule has 112 valence electrons. The van der Waals surface area contributed by atoms with Crippen LogP contribution in [0.3, 0.4) is 0 Å². The van der Waals surface area contributed by atoms with E-state index in [1.807, 2.05) is 0 Å². The van der Waals surface area contributed by atoms with Crippen molar-refractivity contribution in [2.75, 3.05) is 37.2 Å². The van der Waals surface area contributed by atoms with Crippen LogP contribution in [0.1, 0.15) is 19.3 Å². The maximum atomic E-state index is 11.4. The summed E-state index contributed by atoms with van der Waals surface area (Å²) in [6, 6.07) is 4.82. The van der Waals surface area contributed by atoms with Gasteiger partial charge in [-0.3, -0.25) is 0 Å². The van der Waals surface area contributed by atoms with E-state index in [0.717, 1.165) is 26.2 Å². The number of nitrogens with zero attached hydrogens (tertiary/aromatic N) is 1. The zero-order valence-corrected chi connectivity index (χ0v) is 12.3. The summed E-state index contributed by atoms with van der Waals surface area (Å²) in [7, 11) is -3.78. The van der Waals surface area contributed by atoms with E-state index < -0.39 is 10.0 Å². The number of piperidine rings is 1. The van der Waals surface area contributed by atoms with E-state index in [1.165, 1.54) is 25.3 Å². The Balaban J connectivity index is 1.96. The fourth-order valence-corrected chi connectivity index (χ4v) is 3.16. The minimum atomic E-state index is -3.78. The zero-order valence-electron chi connectivity index (χ0n) is 11.5.